The minimum absolute atomic E-state index is 0.00936. The normalized spacial score (nSPS) is 22.0. The van der Waals surface area contributed by atoms with Gasteiger partial charge in [-0.3, -0.25) is 14.2 Å². The number of aryl methyl sites for hydroxylation is 1. The van der Waals surface area contributed by atoms with Crippen molar-refractivity contribution in [2.24, 2.45) is 7.05 Å². The highest BCUT2D eigenvalue weighted by Crippen LogP contribution is 2.42. The minimum Gasteiger partial charge on any atom is -0.379 e. The number of hydrogen-bond acceptors (Lipinski definition) is 4. The van der Waals surface area contributed by atoms with Crippen molar-refractivity contribution in [1.29, 1.82) is 0 Å². The van der Waals surface area contributed by atoms with Crippen LogP contribution in [-0.2, 0) is 17.3 Å². The van der Waals surface area contributed by atoms with E-state index in [9.17, 15) is 22.8 Å². The number of halogens is 4. The van der Waals surface area contributed by atoms with Crippen molar-refractivity contribution in [1.82, 2.24) is 14.3 Å². The van der Waals surface area contributed by atoms with Gasteiger partial charge in [0.15, 0.2) is 10.7 Å². The van der Waals surface area contributed by atoms with Crippen molar-refractivity contribution >= 4 is 22.4 Å². The third kappa shape index (κ3) is 2.26. The quantitative estimate of drug-likeness (QED) is 0.781. The lowest BCUT2D eigenvalue weighted by Gasteiger charge is -2.32. The first-order valence-corrected chi connectivity index (χ1v) is 6.99. The van der Waals surface area contributed by atoms with Crippen LogP contribution in [0.2, 0.25) is 5.15 Å². The second-order valence-corrected chi connectivity index (χ2v) is 5.72. The Morgan fingerprint density at radius 1 is 1.35 bits per heavy atom. The second-order valence-electron chi connectivity index (χ2n) is 5.36. The molecule has 0 saturated carbocycles. The lowest BCUT2D eigenvalue weighted by Crippen LogP contribution is -2.52. The first-order valence-electron chi connectivity index (χ1n) is 6.61. The first kappa shape index (κ1) is 16.0. The molecule has 1 aliphatic heterocycles. The van der Waals surface area contributed by atoms with Crippen LogP contribution in [0.5, 0.6) is 0 Å². The van der Waals surface area contributed by atoms with Crippen LogP contribution in [-0.4, -0.2) is 33.7 Å². The van der Waals surface area contributed by atoms with Crippen molar-refractivity contribution in [3.8, 4) is 0 Å². The third-order valence-electron chi connectivity index (χ3n) is 4.03. The smallest absolute Gasteiger partial charge is 0.379 e. The van der Waals surface area contributed by atoms with Gasteiger partial charge in [0.05, 0.1) is 12.0 Å². The summed E-state index contributed by atoms with van der Waals surface area (Å²) < 4.78 is 47.1. The maximum atomic E-state index is 13.6. The van der Waals surface area contributed by atoms with Crippen LogP contribution < -0.4 is 11.1 Å². The minimum atomic E-state index is -4.69. The van der Waals surface area contributed by atoms with E-state index >= 15 is 0 Å². The molecule has 0 spiro atoms. The zero-order valence-corrected chi connectivity index (χ0v) is 12.6. The van der Waals surface area contributed by atoms with Gasteiger partial charge in [0, 0.05) is 37.7 Å². The molecule has 0 aliphatic carbocycles. The van der Waals surface area contributed by atoms with Gasteiger partial charge < -0.3 is 4.74 Å². The van der Waals surface area contributed by atoms with E-state index in [1.807, 2.05) is 0 Å². The summed E-state index contributed by atoms with van der Waals surface area (Å²) in [4.78, 5) is 24.2. The van der Waals surface area contributed by atoms with Gasteiger partial charge in [0.2, 0.25) is 0 Å². The van der Waals surface area contributed by atoms with Gasteiger partial charge >= 0.3 is 6.18 Å². The average molecular weight is 350 g/mol. The van der Waals surface area contributed by atoms with Crippen molar-refractivity contribution in [3.05, 3.63) is 38.1 Å². The molecular weight excluding hydrogens is 339 g/mol. The van der Waals surface area contributed by atoms with Crippen molar-refractivity contribution in [2.75, 3.05) is 13.2 Å². The number of pyridine rings is 1. The maximum absolute atomic E-state index is 13.6. The first-order chi connectivity index (χ1) is 10.7. The van der Waals surface area contributed by atoms with Crippen LogP contribution in [0.1, 0.15) is 6.42 Å². The van der Waals surface area contributed by atoms with E-state index in [-0.39, 0.29) is 22.5 Å². The molecule has 0 radical (unpaired) electrons. The van der Waals surface area contributed by atoms with Crippen LogP contribution in [0, 0.1) is 0 Å². The Kier molecular flexibility index (Phi) is 3.53. The highest BCUT2D eigenvalue weighted by atomic mass is 35.5. The lowest BCUT2D eigenvalue weighted by atomic mass is 9.97. The molecule has 1 unspecified atom stereocenters. The number of aromatic nitrogens is 3. The summed E-state index contributed by atoms with van der Waals surface area (Å²) in [6.45, 7) is -0.787. The highest BCUT2D eigenvalue weighted by Gasteiger charge is 2.59. The van der Waals surface area contributed by atoms with Gasteiger partial charge in [-0.05, 0) is 0 Å². The number of alkyl halides is 3. The summed E-state index contributed by atoms with van der Waals surface area (Å²) >= 11 is 5.93. The summed E-state index contributed by atoms with van der Waals surface area (Å²) in [7, 11) is 1.33. The molecule has 23 heavy (non-hydrogen) atoms. The number of nitrogens with zero attached hydrogens (tertiary/aromatic N) is 3. The SMILES string of the molecule is Cn1nc(Cl)c2cn(C3(C(F)(F)F)CCOC3)c(=O)cc2c1=O. The van der Waals surface area contributed by atoms with E-state index in [1.54, 1.807) is 0 Å². The highest BCUT2D eigenvalue weighted by molar-refractivity contribution is 6.34. The Morgan fingerprint density at radius 2 is 2.04 bits per heavy atom. The molecule has 1 aliphatic rings. The topological polar surface area (TPSA) is 66.1 Å². The lowest BCUT2D eigenvalue weighted by molar-refractivity contribution is -0.214. The molecule has 3 rings (SSSR count). The number of hydrogen-bond donors (Lipinski definition) is 0. The molecule has 6 nitrogen and oxygen atoms in total. The Hall–Kier alpha value is -1.87. The fraction of sp³-hybridized carbons (Fsp3) is 0.462. The molecule has 0 aromatic carbocycles. The predicted molar refractivity (Wildman–Crippen MR) is 75.7 cm³/mol. The zero-order valence-electron chi connectivity index (χ0n) is 11.9. The molecule has 3 heterocycles. The van der Waals surface area contributed by atoms with Crippen LogP contribution in [0.3, 0.4) is 0 Å². The van der Waals surface area contributed by atoms with Gasteiger partial charge in [0.25, 0.3) is 11.1 Å². The van der Waals surface area contributed by atoms with Crippen LogP contribution in [0.4, 0.5) is 13.2 Å². The summed E-state index contributed by atoms with van der Waals surface area (Å²) in [5, 5.41) is 3.48. The molecule has 0 amide bonds. The van der Waals surface area contributed by atoms with Gasteiger partial charge in [-0.1, -0.05) is 11.6 Å². The molecule has 2 aromatic rings. The van der Waals surface area contributed by atoms with Crippen molar-refractivity contribution < 1.29 is 17.9 Å². The van der Waals surface area contributed by atoms with Crippen molar-refractivity contribution in [2.45, 2.75) is 18.1 Å². The third-order valence-corrected chi connectivity index (χ3v) is 4.31. The molecule has 10 heteroatoms. The summed E-state index contributed by atoms with van der Waals surface area (Å²) in [5.74, 6) is 0. The number of rotatable bonds is 1. The fourth-order valence-electron chi connectivity index (χ4n) is 2.72. The molecule has 1 atom stereocenters. The molecule has 124 valence electrons. The summed E-state index contributed by atoms with van der Waals surface area (Å²) in [6.07, 6.45) is -4.14. The molecule has 0 N–H and O–H groups in total. The summed E-state index contributed by atoms with van der Waals surface area (Å²) in [5.41, 5.74) is -4.03. The number of ether oxygens (including phenoxy) is 1. The molecule has 1 fully saturated rings. The summed E-state index contributed by atoms with van der Waals surface area (Å²) in [6, 6.07) is 0.858. The molecular formula is C13H11ClF3N3O3. The Balaban J connectivity index is 2.38. The Morgan fingerprint density at radius 3 is 2.61 bits per heavy atom. The van der Waals surface area contributed by atoms with E-state index in [0.717, 1.165) is 16.9 Å². The van der Waals surface area contributed by atoms with Gasteiger partial charge in [-0.2, -0.15) is 18.3 Å². The van der Waals surface area contributed by atoms with E-state index in [4.69, 9.17) is 16.3 Å². The zero-order chi connectivity index (χ0) is 17.0. The van der Waals surface area contributed by atoms with Crippen LogP contribution >= 0.6 is 11.6 Å². The monoisotopic (exact) mass is 349 g/mol. The van der Waals surface area contributed by atoms with Gasteiger partial charge in [-0.15, -0.1) is 0 Å². The van der Waals surface area contributed by atoms with E-state index in [0.29, 0.717) is 4.57 Å². The van der Waals surface area contributed by atoms with Gasteiger partial charge in [-0.25, -0.2) is 4.68 Å². The predicted octanol–water partition coefficient (Wildman–Crippen LogP) is 1.43. The van der Waals surface area contributed by atoms with Gasteiger partial charge in [0.1, 0.15) is 0 Å². The maximum Gasteiger partial charge on any atom is 0.414 e. The fourth-order valence-corrected chi connectivity index (χ4v) is 2.98. The molecule has 0 bridgehead atoms. The van der Waals surface area contributed by atoms with Crippen LogP contribution in [0.15, 0.2) is 21.9 Å². The van der Waals surface area contributed by atoms with E-state index in [1.165, 1.54) is 7.05 Å². The standard InChI is InChI=1S/C13H11ClF3N3O3/c1-19-11(22)7-4-9(21)20(5-8(7)10(14)18-19)12(13(15,16)17)2-3-23-6-12/h4-5H,2-3,6H2,1H3. The largest absolute Gasteiger partial charge is 0.414 e. The Labute approximate surface area is 132 Å². The van der Waals surface area contributed by atoms with E-state index < -0.39 is 35.9 Å². The Bertz CT molecular complexity index is 897. The average Bonchev–Trinajstić information content (AvgIpc) is 2.94. The number of fused-ring (bicyclic) bond motifs is 1. The van der Waals surface area contributed by atoms with E-state index in [2.05, 4.69) is 5.10 Å². The van der Waals surface area contributed by atoms with Crippen LogP contribution in [0.25, 0.3) is 10.8 Å². The van der Waals surface area contributed by atoms with Crippen molar-refractivity contribution in [3.63, 3.8) is 0 Å². The molecule has 2 aromatic heterocycles. The second kappa shape index (κ2) is 5.07. The molecule has 1 saturated heterocycles.